The van der Waals surface area contributed by atoms with Gasteiger partial charge in [-0.25, -0.2) is 0 Å². The molecule has 160 valence electrons. The van der Waals surface area contributed by atoms with Crippen molar-refractivity contribution in [2.45, 2.75) is 26.5 Å². The molecular formula is C24H31N3O2S. The van der Waals surface area contributed by atoms with Crippen LogP contribution in [0, 0.1) is 20.8 Å². The second-order valence-corrected chi connectivity index (χ2v) is 8.94. The molecule has 1 saturated heterocycles. The molecule has 0 bridgehead atoms. The molecule has 0 aliphatic carbocycles. The number of anilines is 1. The fourth-order valence-electron chi connectivity index (χ4n) is 3.58. The van der Waals surface area contributed by atoms with Crippen LogP contribution in [0.1, 0.15) is 22.3 Å². The molecule has 0 unspecified atom stereocenters. The van der Waals surface area contributed by atoms with Crippen LogP contribution in [0.5, 0.6) is 0 Å². The van der Waals surface area contributed by atoms with Gasteiger partial charge in [-0.2, -0.15) is 0 Å². The van der Waals surface area contributed by atoms with Gasteiger partial charge in [-0.1, -0.05) is 48.0 Å². The second kappa shape index (κ2) is 10.6. The topological polar surface area (TPSA) is 52.7 Å². The third kappa shape index (κ3) is 6.34. The zero-order valence-electron chi connectivity index (χ0n) is 18.1. The summed E-state index contributed by atoms with van der Waals surface area (Å²) in [5.74, 6) is 1.54. The number of carbonyl (C=O) groups is 2. The van der Waals surface area contributed by atoms with E-state index in [1.807, 2.05) is 36.9 Å². The standard InChI is InChI=1S/C24H31N3O2S/c1-18-7-9-21(10-8-18)16-30-17-23(29)27-13-11-26(12-14-27)15-22(28)25-24-19(2)5-4-6-20(24)3/h4-10H,11-17H2,1-3H3,(H,25,28). The fourth-order valence-corrected chi connectivity index (χ4v) is 4.47. The summed E-state index contributed by atoms with van der Waals surface area (Å²) in [7, 11) is 0. The van der Waals surface area contributed by atoms with Crippen molar-refractivity contribution in [3.05, 3.63) is 64.7 Å². The van der Waals surface area contributed by atoms with E-state index in [1.54, 1.807) is 11.8 Å². The molecule has 0 spiro atoms. The van der Waals surface area contributed by atoms with Crippen molar-refractivity contribution in [3.63, 3.8) is 0 Å². The number of thioether (sulfide) groups is 1. The predicted octanol–water partition coefficient (Wildman–Crippen LogP) is 3.63. The Balaban J connectivity index is 1.38. The average Bonchev–Trinajstić information content (AvgIpc) is 2.73. The van der Waals surface area contributed by atoms with Gasteiger partial charge < -0.3 is 10.2 Å². The van der Waals surface area contributed by atoms with Gasteiger partial charge in [0.1, 0.15) is 0 Å². The van der Waals surface area contributed by atoms with E-state index in [9.17, 15) is 9.59 Å². The van der Waals surface area contributed by atoms with Gasteiger partial charge in [0.05, 0.1) is 12.3 Å². The molecule has 3 rings (SSSR count). The minimum atomic E-state index is 0.000768. The smallest absolute Gasteiger partial charge is 0.238 e. The van der Waals surface area contributed by atoms with E-state index in [0.29, 0.717) is 25.4 Å². The van der Waals surface area contributed by atoms with Gasteiger partial charge in [-0.05, 0) is 37.5 Å². The van der Waals surface area contributed by atoms with Gasteiger partial charge >= 0.3 is 0 Å². The third-order valence-electron chi connectivity index (χ3n) is 5.45. The van der Waals surface area contributed by atoms with Crippen LogP contribution in [-0.4, -0.2) is 60.1 Å². The number of para-hydroxylation sites is 1. The molecule has 6 heteroatoms. The first-order valence-electron chi connectivity index (χ1n) is 10.4. The number of carbonyl (C=O) groups excluding carboxylic acids is 2. The van der Waals surface area contributed by atoms with Crippen molar-refractivity contribution in [2.24, 2.45) is 0 Å². The number of amides is 2. The minimum absolute atomic E-state index is 0.000768. The van der Waals surface area contributed by atoms with Gasteiger partial charge in [0.15, 0.2) is 0 Å². The molecule has 0 atom stereocenters. The van der Waals surface area contributed by atoms with Gasteiger partial charge in [-0.15, -0.1) is 11.8 Å². The lowest BCUT2D eigenvalue weighted by Gasteiger charge is -2.34. The number of hydrogen-bond donors (Lipinski definition) is 1. The zero-order chi connectivity index (χ0) is 21.5. The third-order valence-corrected chi connectivity index (χ3v) is 6.44. The lowest BCUT2D eigenvalue weighted by molar-refractivity contribution is -0.130. The predicted molar refractivity (Wildman–Crippen MR) is 125 cm³/mol. The van der Waals surface area contributed by atoms with Crippen molar-refractivity contribution >= 4 is 29.3 Å². The Kier molecular flexibility index (Phi) is 7.94. The van der Waals surface area contributed by atoms with Crippen LogP contribution in [0.15, 0.2) is 42.5 Å². The van der Waals surface area contributed by atoms with Crippen molar-refractivity contribution in [1.29, 1.82) is 0 Å². The second-order valence-electron chi connectivity index (χ2n) is 7.95. The minimum Gasteiger partial charge on any atom is -0.339 e. The summed E-state index contributed by atoms with van der Waals surface area (Å²) in [5.41, 5.74) is 5.55. The van der Waals surface area contributed by atoms with E-state index in [2.05, 4.69) is 41.4 Å². The number of benzene rings is 2. The molecule has 1 fully saturated rings. The molecule has 0 aromatic heterocycles. The maximum absolute atomic E-state index is 12.5. The van der Waals surface area contributed by atoms with Crippen LogP contribution in [-0.2, 0) is 15.3 Å². The Hall–Kier alpha value is -2.31. The molecule has 0 saturated carbocycles. The molecule has 2 amide bonds. The van der Waals surface area contributed by atoms with E-state index in [0.717, 1.165) is 35.7 Å². The van der Waals surface area contributed by atoms with Gasteiger partial charge in [-0.3, -0.25) is 14.5 Å². The number of hydrogen-bond acceptors (Lipinski definition) is 4. The molecule has 1 N–H and O–H groups in total. The normalized spacial score (nSPS) is 14.6. The van der Waals surface area contributed by atoms with Crippen LogP contribution in [0.3, 0.4) is 0 Å². The summed E-state index contributed by atoms with van der Waals surface area (Å²) in [4.78, 5) is 29.0. The maximum atomic E-state index is 12.5. The monoisotopic (exact) mass is 425 g/mol. The summed E-state index contributed by atoms with van der Waals surface area (Å²) in [6.07, 6.45) is 0. The van der Waals surface area contributed by atoms with Crippen molar-refractivity contribution in [3.8, 4) is 0 Å². The Morgan fingerprint density at radius 2 is 1.57 bits per heavy atom. The number of rotatable bonds is 7. The molecule has 1 aliphatic heterocycles. The van der Waals surface area contributed by atoms with Gasteiger partial charge in [0.25, 0.3) is 0 Å². The summed E-state index contributed by atoms with van der Waals surface area (Å²) in [5, 5.41) is 3.04. The highest BCUT2D eigenvalue weighted by atomic mass is 32.2. The van der Waals surface area contributed by atoms with E-state index >= 15 is 0 Å². The first-order chi connectivity index (χ1) is 14.4. The van der Waals surface area contributed by atoms with Crippen molar-refractivity contribution in [2.75, 3.05) is 43.8 Å². The lowest BCUT2D eigenvalue weighted by Crippen LogP contribution is -2.50. The number of nitrogens with zero attached hydrogens (tertiary/aromatic N) is 2. The van der Waals surface area contributed by atoms with Crippen LogP contribution in [0.25, 0.3) is 0 Å². The Morgan fingerprint density at radius 3 is 2.20 bits per heavy atom. The number of aryl methyl sites for hydroxylation is 3. The van der Waals surface area contributed by atoms with E-state index in [4.69, 9.17) is 0 Å². The summed E-state index contributed by atoms with van der Waals surface area (Å²) < 4.78 is 0. The molecule has 2 aromatic carbocycles. The van der Waals surface area contributed by atoms with Crippen LogP contribution in [0.2, 0.25) is 0 Å². The van der Waals surface area contributed by atoms with E-state index < -0.39 is 0 Å². The number of piperazine rings is 1. The van der Waals surface area contributed by atoms with E-state index in [-0.39, 0.29) is 11.8 Å². The highest BCUT2D eigenvalue weighted by molar-refractivity contribution is 7.99. The quantitative estimate of drug-likeness (QED) is 0.736. The first kappa shape index (κ1) is 22.4. The molecule has 0 radical (unpaired) electrons. The Bertz CT molecular complexity index is 854. The molecule has 5 nitrogen and oxygen atoms in total. The molecule has 30 heavy (non-hydrogen) atoms. The highest BCUT2D eigenvalue weighted by Crippen LogP contribution is 2.19. The van der Waals surface area contributed by atoms with Gasteiger partial charge in [0.2, 0.25) is 11.8 Å². The molecule has 2 aromatic rings. The first-order valence-corrected chi connectivity index (χ1v) is 11.6. The molecular weight excluding hydrogens is 394 g/mol. The van der Waals surface area contributed by atoms with Crippen molar-refractivity contribution < 1.29 is 9.59 Å². The SMILES string of the molecule is Cc1ccc(CSCC(=O)N2CCN(CC(=O)Nc3c(C)cccc3C)CC2)cc1. The van der Waals surface area contributed by atoms with Crippen LogP contribution < -0.4 is 5.32 Å². The summed E-state index contributed by atoms with van der Waals surface area (Å²) in [6, 6.07) is 14.5. The highest BCUT2D eigenvalue weighted by Gasteiger charge is 2.22. The van der Waals surface area contributed by atoms with Crippen LogP contribution >= 0.6 is 11.8 Å². The van der Waals surface area contributed by atoms with Gasteiger partial charge in [0, 0.05) is 37.6 Å². The summed E-state index contributed by atoms with van der Waals surface area (Å²) >= 11 is 1.66. The average molecular weight is 426 g/mol. The zero-order valence-corrected chi connectivity index (χ0v) is 18.9. The Labute approximate surface area is 183 Å². The van der Waals surface area contributed by atoms with Crippen LogP contribution in [0.4, 0.5) is 5.69 Å². The molecule has 1 aliphatic rings. The van der Waals surface area contributed by atoms with Crippen molar-refractivity contribution in [1.82, 2.24) is 9.80 Å². The maximum Gasteiger partial charge on any atom is 0.238 e. The number of nitrogens with one attached hydrogen (secondary N) is 1. The lowest BCUT2D eigenvalue weighted by atomic mass is 10.1. The Morgan fingerprint density at radius 1 is 0.933 bits per heavy atom. The molecule has 1 heterocycles. The fraction of sp³-hybridized carbons (Fsp3) is 0.417. The largest absolute Gasteiger partial charge is 0.339 e. The van der Waals surface area contributed by atoms with E-state index in [1.165, 1.54) is 11.1 Å². The summed E-state index contributed by atoms with van der Waals surface area (Å²) in [6.45, 7) is 9.27.